The van der Waals surface area contributed by atoms with Crippen molar-refractivity contribution in [1.82, 2.24) is 9.97 Å². The summed E-state index contributed by atoms with van der Waals surface area (Å²) < 4.78 is 0. The number of nitrogens with zero attached hydrogens (tertiary/aromatic N) is 2. The third kappa shape index (κ3) is 4.85. The number of carboxylic acids is 1. The first-order valence-corrected chi connectivity index (χ1v) is 5.94. The van der Waals surface area contributed by atoms with Crippen molar-refractivity contribution in [3.8, 4) is 0 Å². The van der Waals surface area contributed by atoms with E-state index in [4.69, 9.17) is 28.3 Å². The zero-order chi connectivity index (χ0) is 13.5. The van der Waals surface area contributed by atoms with E-state index in [0.29, 0.717) is 12.8 Å². The number of unbranched alkanes of at least 4 members (excludes halogenated alkanes) is 1. The van der Waals surface area contributed by atoms with Crippen LogP contribution in [0.3, 0.4) is 0 Å². The summed E-state index contributed by atoms with van der Waals surface area (Å²) in [5, 5.41) is 11.1. The average molecular weight is 292 g/mol. The van der Waals surface area contributed by atoms with Gasteiger partial charge in [-0.15, -0.1) is 0 Å². The molecule has 8 heteroatoms. The van der Waals surface area contributed by atoms with Gasteiger partial charge >= 0.3 is 5.97 Å². The molecule has 0 radical (unpaired) electrons. The van der Waals surface area contributed by atoms with Gasteiger partial charge in [0.2, 0.25) is 5.91 Å². The summed E-state index contributed by atoms with van der Waals surface area (Å²) in [5.74, 6) is -1.02. The Balaban J connectivity index is 2.40. The molecule has 0 aliphatic rings. The molecule has 2 N–H and O–H groups in total. The van der Waals surface area contributed by atoms with Crippen LogP contribution in [0.5, 0.6) is 0 Å². The van der Waals surface area contributed by atoms with E-state index in [1.165, 1.54) is 6.33 Å². The van der Waals surface area contributed by atoms with Crippen molar-refractivity contribution in [3.05, 3.63) is 16.5 Å². The zero-order valence-corrected chi connectivity index (χ0v) is 10.8. The molecule has 1 aromatic heterocycles. The van der Waals surface area contributed by atoms with Crippen molar-refractivity contribution in [2.24, 2.45) is 0 Å². The molecule has 0 spiro atoms. The Labute approximate surface area is 113 Å². The summed E-state index contributed by atoms with van der Waals surface area (Å²) in [4.78, 5) is 29.2. The van der Waals surface area contributed by atoms with Gasteiger partial charge in [-0.25, -0.2) is 9.97 Å². The SMILES string of the molecule is O=C(O)CCCCC(=O)Nc1ncnc(Cl)c1Cl. The Hall–Kier alpha value is -1.40. The second-order valence-electron chi connectivity index (χ2n) is 3.48. The largest absolute Gasteiger partial charge is 0.481 e. The molecule has 18 heavy (non-hydrogen) atoms. The molecule has 1 rings (SSSR count). The molecular formula is C10H11Cl2N3O3. The highest BCUT2D eigenvalue weighted by Gasteiger charge is 2.10. The van der Waals surface area contributed by atoms with Crippen LogP contribution in [0, 0.1) is 0 Å². The van der Waals surface area contributed by atoms with Crippen molar-refractivity contribution in [1.29, 1.82) is 0 Å². The number of hydrogen-bond donors (Lipinski definition) is 2. The highest BCUT2D eigenvalue weighted by Crippen LogP contribution is 2.25. The fourth-order valence-electron chi connectivity index (χ4n) is 1.19. The second-order valence-corrected chi connectivity index (χ2v) is 4.21. The number of aromatic nitrogens is 2. The maximum Gasteiger partial charge on any atom is 0.303 e. The van der Waals surface area contributed by atoms with E-state index in [2.05, 4.69) is 15.3 Å². The summed E-state index contributed by atoms with van der Waals surface area (Å²) in [6.45, 7) is 0. The fraction of sp³-hybridized carbons (Fsp3) is 0.400. The molecule has 1 heterocycles. The first-order chi connectivity index (χ1) is 8.50. The molecule has 1 aromatic rings. The predicted molar refractivity (Wildman–Crippen MR) is 66.8 cm³/mol. The van der Waals surface area contributed by atoms with E-state index in [1.807, 2.05) is 0 Å². The number of carbonyl (C=O) groups is 2. The van der Waals surface area contributed by atoms with Gasteiger partial charge in [0.05, 0.1) is 0 Å². The lowest BCUT2D eigenvalue weighted by Gasteiger charge is -2.05. The molecule has 0 bridgehead atoms. The number of nitrogens with one attached hydrogen (secondary N) is 1. The molecule has 6 nitrogen and oxygen atoms in total. The number of carboxylic acid groups (broad SMARTS) is 1. The fourth-order valence-corrected chi connectivity index (χ4v) is 1.47. The van der Waals surface area contributed by atoms with Crippen LogP contribution in [0.25, 0.3) is 0 Å². The van der Waals surface area contributed by atoms with Crippen molar-refractivity contribution in [2.75, 3.05) is 5.32 Å². The molecule has 0 unspecified atom stereocenters. The number of hydrogen-bond acceptors (Lipinski definition) is 4. The van der Waals surface area contributed by atoms with Crippen molar-refractivity contribution < 1.29 is 14.7 Å². The van der Waals surface area contributed by atoms with E-state index in [-0.39, 0.29) is 34.7 Å². The van der Waals surface area contributed by atoms with Gasteiger partial charge in [0.25, 0.3) is 0 Å². The Bertz CT molecular complexity index is 454. The van der Waals surface area contributed by atoms with Crippen LogP contribution in [0.2, 0.25) is 10.2 Å². The van der Waals surface area contributed by atoms with Gasteiger partial charge in [-0.3, -0.25) is 9.59 Å². The summed E-state index contributed by atoms with van der Waals surface area (Å²) in [6, 6.07) is 0. The summed E-state index contributed by atoms with van der Waals surface area (Å²) >= 11 is 11.5. The van der Waals surface area contributed by atoms with Gasteiger partial charge in [-0.1, -0.05) is 23.2 Å². The van der Waals surface area contributed by atoms with Gasteiger partial charge in [0.15, 0.2) is 11.0 Å². The zero-order valence-electron chi connectivity index (χ0n) is 9.32. The van der Waals surface area contributed by atoms with Crippen LogP contribution in [0.15, 0.2) is 6.33 Å². The van der Waals surface area contributed by atoms with Crippen molar-refractivity contribution in [3.63, 3.8) is 0 Å². The number of aliphatic carboxylic acids is 1. The van der Waals surface area contributed by atoms with Crippen LogP contribution in [-0.2, 0) is 9.59 Å². The Morgan fingerprint density at radius 3 is 2.56 bits per heavy atom. The molecule has 0 aliphatic heterocycles. The number of amides is 1. The molecule has 0 atom stereocenters. The Kier molecular flexibility index (Phi) is 5.80. The molecule has 0 saturated heterocycles. The second kappa shape index (κ2) is 7.13. The van der Waals surface area contributed by atoms with Crippen LogP contribution in [0.1, 0.15) is 25.7 Å². The van der Waals surface area contributed by atoms with Crippen LogP contribution in [0.4, 0.5) is 5.82 Å². The average Bonchev–Trinajstić information content (AvgIpc) is 2.30. The number of halogens is 2. The minimum atomic E-state index is -0.874. The molecule has 98 valence electrons. The number of carbonyl (C=O) groups excluding carboxylic acids is 1. The maximum absolute atomic E-state index is 11.5. The molecule has 0 aliphatic carbocycles. The lowest BCUT2D eigenvalue weighted by Crippen LogP contribution is -2.13. The topological polar surface area (TPSA) is 92.2 Å². The summed E-state index contributed by atoms with van der Waals surface area (Å²) in [6.07, 6.45) is 2.36. The van der Waals surface area contributed by atoms with Crippen molar-refractivity contribution >= 4 is 40.9 Å². The van der Waals surface area contributed by atoms with Gasteiger partial charge < -0.3 is 10.4 Å². The standard InChI is InChI=1S/C10H11Cl2N3O3/c11-8-9(12)13-5-14-10(8)15-6(16)3-1-2-4-7(17)18/h5H,1-4H2,(H,17,18)(H,13,14,15,16). The van der Waals surface area contributed by atoms with E-state index < -0.39 is 5.97 Å². The third-order valence-electron chi connectivity index (χ3n) is 2.05. The first-order valence-electron chi connectivity index (χ1n) is 5.18. The van der Waals surface area contributed by atoms with Gasteiger partial charge in [-0.05, 0) is 12.8 Å². The minimum absolute atomic E-state index is 0.0490. The van der Waals surface area contributed by atoms with Crippen molar-refractivity contribution in [2.45, 2.75) is 25.7 Å². The van der Waals surface area contributed by atoms with E-state index in [1.54, 1.807) is 0 Å². The van der Waals surface area contributed by atoms with Crippen LogP contribution in [-0.4, -0.2) is 27.0 Å². The number of rotatable bonds is 6. The Morgan fingerprint density at radius 2 is 1.89 bits per heavy atom. The van der Waals surface area contributed by atoms with Crippen LogP contribution >= 0.6 is 23.2 Å². The predicted octanol–water partition coefficient (Wildman–Crippen LogP) is 2.37. The summed E-state index contributed by atoms with van der Waals surface area (Å²) in [7, 11) is 0. The molecule has 0 fully saturated rings. The first kappa shape index (κ1) is 14.7. The van der Waals surface area contributed by atoms with E-state index >= 15 is 0 Å². The highest BCUT2D eigenvalue weighted by atomic mass is 35.5. The third-order valence-corrected chi connectivity index (χ3v) is 2.79. The molecule has 1 amide bonds. The Morgan fingerprint density at radius 1 is 1.22 bits per heavy atom. The maximum atomic E-state index is 11.5. The highest BCUT2D eigenvalue weighted by molar-refractivity contribution is 6.42. The lowest BCUT2D eigenvalue weighted by molar-refractivity contribution is -0.137. The van der Waals surface area contributed by atoms with Gasteiger partial charge in [0.1, 0.15) is 11.3 Å². The van der Waals surface area contributed by atoms with Gasteiger partial charge in [0, 0.05) is 12.8 Å². The summed E-state index contributed by atoms with van der Waals surface area (Å²) in [5.41, 5.74) is 0. The molecular weight excluding hydrogens is 281 g/mol. The normalized spacial score (nSPS) is 10.1. The monoisotopic (exact) mass is 291 g/mol. The van der Waals surface area contributed by atoms with E-state index in [0.717, 1.165) is 0 Å². The lowest BCUT2D eigenvalue weighted by atomic mass is 10.2. The van der Waals surface area contributed by atoms with E-state index in [9.17, 15) is 9.59 Å². The molecule has 0 saturated carbocycles. The number of anilines is 1. The molecule has 0 aromatic carbocycles. The smallest absolute Gasteiger partial charge is 0.303 e. The van der Waals surface area contributed by atoms with Crippen LogP contribution < -0.4 is 5.32 Å². The van der Waals surface area contributed by atoms with Gasteiger partial charge in [-0.2, -0.15) is 0 Å². The quantitative estimate of drug-likeness (QED) is 0.620. The minimum Gasteiger partial charge on any atom is -0.481 e.